The average molecular weight is 264 g/mol. The molecule has 0 aromatic carbocycles. The van der Waals surface area contributed by atoms with E-state index >= 15 is 0 Å². The minimum Gasteiger partial charge on any atom is -0.379 e. The first kappa shape index (κ1) is 13.9. The highest BCUT2D eigenvalue weighted by Crippen LogP contribution is 2.20. The molecule has 2 heterocycles. The van der Waals surface area contributed by atoms with Crippen molar-refractivity contribution in [2.45, 2.75) is 52.6 Å². The number of nitrogens with one attached hydrogen (secondary N) is 1. The topological polar surface area (TPSA) is 50.2 Å². The molecule has 19 heavy (non-hydrogen) atoms. The van der Waals surface area contributed by atoms with E-state index in [0.717, 1.165) is 50.3 Å². The number of piperidine rings is 1. The maximum absolute atomic E-state index is 11.3. The highest BCUT2D eigenvalue weighted by atomic mass is 16.2. The molecule has 0 unspecified atom stereocenters. The zero-order valence-electron chi connectivity index (χ0n) is 12.1. The lowest BCUT2D eigenvalue weighted by Gasteiger charge is -2.32. The molecule has 2 rings (SSSR count). The maximum atomic E-state index is 11.3. The van der Waals surface area contributed by atoms with Crippen LogP contribution in [0.5, 0.6) is 0 Å². The molecule has 0 aliphatic carbocycles. The first-order valence-electron chi connectivity index (χ1n) is 7.22. The summed E-state index contributed by atoms with van der Waals surface area (Å²) in [6.07, 6.45) is 5.07. The van der Waals surface area contributed by atoms with Crippen LogP contribution in [0.4, 0.5) is 5.69 Å². The fourth-order valence-corrected chi connectivity index (χ4v) is 2.56. The first-order chi connectivity index (χ1) is 9.13. The van der Waals surface area contributed by atoms with Crippen LogP contribution >= 0.6 is 0 Å². The monoisotopic (exact) mass is 264 g/mol. The van der Waals surface area contributed by atoms with Crippen LogP contribution in [-0.4, -0.2) is 39.7 Å². The number of anilines is 1. The maximum Gasteiger partial charge on any atom is 0.219 e. The van der Waals surface area contributed by atoms with Gasteiger partial charge in [-0.2, -0.15) is 5.10 Å². The van der Waals surface area contributed by atoms with E-state index in [9.17, 15) is 4.79 Å². The van der Waals surface area contributed by atoms with Crippen molar-refractivity contribution in [2.24, 2.45) is 0 Å². The Morgan fingerprint density at radius 3 is 2.63 bits per heavy atom. The van der Waals surface area contributed by atoms with E-state index in [2.05, 4.69) is 30.5 Å². The van der Waals surface area contributed by atoms with Gasteiger partial charge in [-0.15, -0.1) is 0 Å². The molecule has 1 aliphatic heterocycles. The summed E-state index contributed by atoms with van der Waals surface area (Å²) in [5.41, 5.74) is 2.29. The van der Waals surface area contributed by atoms with Gasteiger partial charge in [0.25, 0.3) is 0 Å². The third-order valence-corrected chi connectivity index (χ3v) is 3.80. The Balaban J connectivity index is 1.95. The number of rotatable bonds is 4. The van der Waals surface area contributed by atoms with Crippen molar-refractivity contribution in [3.05, 3.63) is 11.9 Å². The molecule has 0 saturated carbocycles. The SMILES string of the molecule is CCc1nn(CC)cc1NC1CCN(C(C)=O)CC1. The quantitative estimate of drug-likeness (QED) is 0.903. The minimum atomic E-state index is 0.187. The van der Waals surface area contributed by atoms with Gasteiger partial charge >= 0.3 is 0 Å². The highest BCUT2D eigenvalue weighted by Gasteiger charge is 2.21. The van der Waals surface area contributed by atoms with Gasteiger partial charge in [-0.1, -0.05) is 6.92 Å². The Kier molecular flexibility index (Phi) is 4.45. The van der Waals surface area contributed by atoms with Crippen molar-refractivity contribution >= 4 is 11.6 Å². The van der Waals surface area contributed by atoms with E-state index in [1.165, 1.54) is 0 Å². The normalized spacial score (nSPS) is 16.7. The Morgan fingerprint density at radius 1 is 1.42 bits per heavy atom. The highest BCUT2D eigenvalue weighted by molar-refractivity contribution is 5.73. The molecule has 0 spiro atoms. The predicted octanol–water partition coefficient (Wildman–Crippen LogP) is 1.89. The van der Waals surface area contributed by atoms with Gasteiger partial charge < -0.3 is 10.2 Å². The van der Waals surface area contributed by atoms with Crippen molar-refractivity contribution in [2.75, 3.05) is 18.4 Å². The second-order valence-electron chi connectivity index (χ2n) is 5.12. The summed E-state index contributed by atoms with van der Waals surface area (Å²) in [5.74, 6) is 0.187. The molecule has 1 fully saturated rings. The van der Waals surface area contributed by atoms with Crippen molar-refractivity contribution in [3.8, 4) is 0 Å². The summed E-state index contributed by atoms with van der Waals surface area (Å²) < 4.78 is 1.98. The molecule has 1 aliphatic rings. The van der Waals surface area contributed by atoms with E-state index < -0.39 is 0 Å². The Bertz CT molecular complexity index is 433. The third-order valence-electron chi connectivity index (χ3n) is 3.80. The van der Waals surface area contributed by atoms with Gasteiger partial charge in [-0.25, -0.2) is 0 Å². The van der Waals surface area contributed by atoms with Crippen LogP contribution in [0, 0.1) is 0 Å². The Hall–Kier alpha value is -1.52. The zero-order chi connectivity index (χ0) is 13.8. The predicted molar refractivity (Wildman–Crippen MR) is 76.2 cm³/mol. The van der Waals surface area contributed by atoms with Crippen molar-refractivity contribution in [1.29, 1.82) is 0 Å². The minimum absolute atomic E-state index is 0.187. The van der Waals surface area contributed by atoms with Crippen LogP contribution < -0.4 is 5.32 Å². The molecule has 1 N–H and O–H groups in total. The molecule has 1 aromatic heterocycles. The fourth-order valence-electron chi connectivity index (χ4n) is 2.56. The molecule has 1 aromatic rings. The van der Waals surface area contributed by atoms with E-state index in [1.807, 2.05) is 9.58 Å². The summed E-state index contributed by atoms with van der Waals surface area (Å²) in [5, 5.41) is 8.14. The van der Waals surface area contributed by atoms with Crippen LogP contribution in [-0.2, 0) is 17.8 Å². The Morgan fingerprint density at radius 2 is 2.11 bits per heavy atom. The van der Waals surface area contributed by atoms with E-state index in [0.29, 0.717) is 6.04 Å². The molecule has 106 valence electrons. The number of aromatic nitrogens is 2. The average Bonchev–Trinajstić information content (AvgIpc) is 2.81. The summed E-state index contributed by atoms with van der Waals surface area (Å²) >= 11 is 0. The molecule has 0 atom stereocenters. The molecule has 5 nitrogen and oxygen atoms in total. The van der Waals surface area contributed by atoms with E-state index in [-0.39, 0.29) is 5.91 Å². The lowest BCUT2D eigenvalue weighted by atomic mass is 10.0. The van der Waals surface area contributed by atoms with Gasteiger partial charge in [-0.3, -0.25) is 9.48 Å². The summed E-state index contributed by atoms with van der Waals surface area (Å²) in [6, 6.07) is 0.454. The van der Waals surface area contributed by atoms with Gasteiger partial charge in [0.2, 0.25) is 5.91 Å². The van der Waals surface area contributed by atoms with Gasteiger partial charge in [0.15, 0.2) is 0 Å². The Labute approximate surface area is 115 Å². The van der Waals surface area contributed by atoms with Crippen LogP contribution in [0.1, 0.15) is 39.3 Å². The molecule has 1 saturated heterocycles. The third kappa shape index (κ3) is 3.28. The van der Waals surface area contributed by atoms with Crippen molar-refractivity contribution < 1.29 is 4.79 Å². The van der Waals surface area contributed by atoms with Gasteiger partial charge in [0.05, 0.1) is 11.4 Å². The number of hydrogen-bond acceptors (Lipinski definition) is 3. The summed E-state index contributed by atoms with van der Waals surface area (Å²) in [7, 11) is 0. The van der Waals surface area contributed by atoms with Crippen LogP contribution in [0.2, 0.25) is 0 Å². The van der Waals surface area contributed by atoms with E-state index in [4.69, 9.17) is 0 Å². The lowest BCUT2D eigenvalue weighted by molar-refractivity contribution is -0.129. The lowest BCUT2D eigenvalue weighted by Crippen LogP contribution is -2.41. The second-order valence-corrected chi connectivity index (χ2v) is 5.12. The number of carbonyl (C=O) groups is 1. The van der Waals surface area contributed by atoms with Crippen LogP contribution in [0.15, 0.2) is 6.20 Å². The van der Waals surface area contributed by atoms with Gasteiger partial charge in [0.1, 0.15) is 0 Å². The van der Waals surface area contributed by atoms with Crippen LogP contribution in [0.25, 0.3) is 0 Å². The second kappa shape index (κ2) is 6.08. The van der Waals surface area contributed by atoms with Crippen molar-refractivity contribution in [1.82, 2.24) is 14.7 Å². The molecule has 5 heteroatoms. The van der Waals surface area contributed by atoms with Gasteiger partial charge in [0, 0.05) is 38.8 Å². The number of carbonyl (C=O) groups excluding carboxylic acids is 1. The standard InChI is InChI=1S/C14H24N4O/c1-4-13-14(10-18(5-2)16-13)15-12-6-8-17(9-7-12)11(3)19/h10,12,15H,4-9H2,1-3H3. The molecular weight excluding hydrogens is 240 g/mol. The number of nitrogens with zero attached hydrogens (tertiary/aromatic N) is 3. The molecule has 0 bridgehead atoms. The van der Waals surface area contributed by atoms with E-state index in [1.54, 1.807) is 6.92 Å². The number of amides is 1. The number of hydrogen-bond donors (Lipinski definition) is 1. The number of aryl methyl sites for hydroxylation is 2. The molecular formula is C14H24N4O. The first-order valence-corrected chi connectivity index (χ1v) is 7.22. The van der Waals surface area contributed by atoms with Gasteiger partial charge in [-0.05, 0) is 26.2 Å². The molecule has 1 amide bonds. The largest absolute Gasteiger partial charge is 0.379 e. The summed E-state index contributed by atoms with van der Waals surface area (Å²) in [4.78, 5) is 13.2. The summed E-state index contributed by atoms with van der Waals surface area (Å²) in [6.45, 7) is 8.49. The fraction of sp³-hybridized carbons (Fsp3) is 0.714. The smallest absolute Gasteiger partial charge is 0.219 e. The number of likely N-dealkylation sites (tertiary alicyclic amines) is 1. The van der Waals surface area contributed by atoms with Crippen LogP contribution in [0.3, 0.4) is 0 Å². The van der Waals surface area contributed by atoms with Crippen molar-refractivity contribution in [3.63, 3.8) is 0 Å². The molecule has 0 radical (unpaired) electrons. The zero-order valence-corrected chi connectivity index (χ0v) is 12.1.